The van der Waals surface area contributed by atoms with E-state index in [4.69, 9.17) is 9.47 Å². The van der Waals surface area contributed by atoms with Gasteiger partial charge in [0.15, 0.2) is 11.5 Å². The maximum Gasteiger partial charge on any atom is 0.344 e. The van der Waals surface area contributed by atoms with Crippen LogP contribution in [0, 0.1) is 5.92 Å². The van der Waals surface area contributed by atoms with Crippen molar-refractivity contribution in [2.24, 2.45) is 10.3 Å². The smallest absolute Gasteiger partial charge is 0.344 e. The van der Waals surface area contributed by atoms with Crippen LogP contribution in [0.3, 0.4) is 0 Å². The van der Waals surface area contributed by atoms with Gasteiger partial charge in [0.2, 0.25) is 0 Å². The summed E-state index contributed by atoms with van der Waals surface area (Å²) in [6, 6.07) is 3.08. The molecule has 4 rings (SSSR count). The maximum atomic E-state index is 12.8. The predicted molar refractivity (Wildman–Crippen MR) is 109 cm³/mol. The van der Waals surface area contributed by atoms with Crippen molar-refractivity contribution in [2.75, 3.05) is 27.3 Å². The number of hydrogen-bond acceptors (Lipinski definition) is 7. The monoisotopic (exact) mass is 417 g/mol. The normalized spacial score (nSPS) is 20.0. The van der Waals surface area contributed by atoms with Gasteiger partial charge >= 0.3 is 10.2 Å². The van der Waals surface area contributed by atoms with Crippen molar-refractivity contribution in [1.29, 1.82) is 0 Å². The van der Waals surface area contributed by atoms with Gasteiger partial charge in [0.05, 0.1) is 31.5 Å². The number of nitrogens with zero attached hydrogens (tertiary/aromatic N) is 4. The lowest BCUT2D eigenvalue weighted by Gasteiger charge is -2.37. The number of fused-ring (bicyclic) bond motifs is 1. The van der Waals surface area contributed by atoms with E-state index in [1.54, 1.807) is 38.6 Å². The highest BCUT2D eigenvalue weighted by molar-refractivity contribution is 7.88. The first-order valence-corrected chi connectivity index (χ1v) is 10.8. The molecule has 2 aliphatic heterocycles. The number of benzene rings is 1. The highest BCUT2D eigenvalue weighted by Crippen LogP contribution is 2.41. The molecular weight excluding hydrogens is 394 g/mol. The largest absolute Gasteiger partial charge is 0.493 e. The van der Waals surface area contributed by atoms with Gasteiger partial charge < -0.3 is 14.8 Å². The van der Waals surface area contributed by atoms with Crippen molar-refractivity contribution in [2.45, 2.75) is 18.9 Å². The third-order valence-corrected chi connectivity index (χ3v) is 6.61. The fraction of sp³-hybridized carbons (Fsp3) is 0.421. The first kappa shape index (κ1) is 19.6. The lowest BCUT2D eigenvalue weighted by molar-refractivity contribution is 0.233. The van der Waals surface area contributed by atoms with Gasteiger partial charge in [-0.15, -0.1) is 0 Å². The Morgan fingerprint density at radius 3 is 2.55 bits per heavy atom. The summed E-state index contributed by atoms with van der Waals surface area (Å²) in [6.45, 7) is 1.64. The second-order valence-corrected chi connectivity index (χ2v) is 8.45. The van der Waals surface area contributed by atoms with Crippen LogP contribution < -0.4 is 14.8 Å². The Kier molecular flexibility index (Phi) is 5.37. The number of hydrogen-bond donors (Lipinski definition) is 1. The summed E-state index contributed by atoms with van der Waals surface area (Å²) in [6.07, 6.45) is 7.59. The average molecular weight is 417 g/mol. The van der Waals surface area contributed by atoms with Crippen LogP contribution in [0.25, 0.3) is 10.9 Å². The quantitative estimate of drug-likeness (QED) is 0.791. The highest BCUT2D eigenvalue weighted by atomic mass is 32.2. The molecule has 2 aliphatic rings. The van der Waals surface area contributed by atoms with Gasteiger partial charge in [-0.25, -0.2) is 14.3 Å². The predicted octanol–water partition coefficient (Wildman–Crippen LogP) is 1.83. The molecule has 1 atom stereocenters. The minimum atomic E-state index is -3.84. The van der Waals surface area contributed by atoms with E-state index in [1.807, 2.05) is 0 Å². The molecule has 3 heterocycles. The standard InChI is InChI=1S/C19H23N5O4S/c1-27-16-10-14-15(11-17(16)28-2)21-12-22-18(14)19(13-4-7-20-8-5-13)24-9-3-6-23-29(24,25)26/h3,6,9-13,19-20H,4-5,7-8H2,1-2H3. The summed E-state index contributed by atoms with van der Waals surface area (Å²) >= 11 is 0. The topological polar surface area (TPSA) is 106 Å². The molecule has 29 heavy (non-hydrogen) atoms. The summed E-state index contributed by atoms with van der Waals surface area (Å²) in [7, 11) is -0.716. The minimum absolute atomic E-state index is 0.0789. The molecule has 0 spiro atoms. The molecule has 0 bridgehead atoms. The third-order valence-electron chi connectivity index (χ3n) is 5.34. The lowest BCUT2D eigenvalue weighted by atomic mass is 9.87. The van der Waals surface area contributed by atoms with Crippen molar-refractivity contribution in [3.63, 3.8) is 0 Å². The van der Waals surface area contributed by atoms with Crippen LogP contribution >= 0.6 is 0 Å². The molecule has 0 radical (unpaired) electrons. The lowest BCUT2D eigenvalue weighted by Crippen LogP contribution is -2.40. The number of methoxy groups -OCH3 is 2. The number of nitrogens with one attached hydrogen (secondary N) is 1. The van der Waals surface area contributed by atoms with Gasteiger partial charge in [-0.2, -0.15) is 12.8 Å². The van der Waals surface area contributed by atoms with Crippen LogP contribution in [-0.2, 0) is 10.2 Å². The molecule has 9 nitrogen and oxygen atoms in total. The molecule has 1 aromatic carbocycles. The minimum Gasteiger partial charge on any atom is -0.493 e. The fourth-order valence-corrected chi connectivity index (χ4v) is 5.07. The Morgan fingerprint density at radius 2 is 1.86 bits per heavy atom. The maximum absolute atomic E-state index is 12.8. The zero-order valence-corrected chi connectivity index (χ0v) is 17.1. The molecule has 154 valence electrons. The second kappa shape index (κ2) is 7.96. The zero-order chi connectivity index (χ0) is 20.4. The van der Waals surface area contributed by atoms with E-state index in [0.29, 0.717) is 22.7 Å². The van der Waals surface area contributed by atoms with Gasteiger partial charge in [-0.05, 0) is 44.0 Å². The van der Waals surface area contributed by atoms with E-state index in [2.05, 4.69) is 19.7 Å². The Hall–Kier alpha value is -2.72. The van der Waals surface area contributed by atoms with E-state index in [0.717, 1.165) is 31.3 Å². The molecule has 1 fully saturated rings. The van der Waals surface area contributed by atoms with Crippen LogP contribution in [0.4, 0.5) is 0 Å². The van der Waals surface area contributed by atoms with Crippen LogP contribution in [0.5, 0.6) is 11.5 Å². The van der Waals surface area contributed by atoms with Crippen LogP contribution in [0.2, 0.25) is 0 Å². The SMILES string of the molecule is COc1cc2ncnc(C(C3CCNCC3)N3C=CC=NS3(=O)=O)c2cc1OC. The van der Waals surface area contributed by atoms with E-state index in [-0.39, 0.29) is 5.92 Å². The van der Waals surface area contributed by atoms with Crippen LogP contribution in [-0.4, -0.2) is 56.2 Å². The Bertz CT molecular complexity index is 1060. The first-order valence-electron chi connectivity index (χ1n) is 9.38. The molecule has 0 saturated carbocycles. The third kappa shape index (κ3) is 3.65. The molecule has 0 amide bonds. The summed E-state index contributed by atoms with van der Waals surface area (Å²) in [5.74, 6) is 1.17. The second-order valence-electron chi connectivity index (χ2n) is 6.92. The van der Waals surface area contributed by atoms with Gasteiger partial charge in [-0.1, -0.05) is 0 Å². The molecule has 1 unspecified atom stereocenters. The summed E-state index contributed by atoms with van der Waals surface area (Å²) < 4.78 is 41.4. The average Bonchev–Trinajstić information content (AvgIpc) is 2.74. The summed E-state index contributed by atoms with van der Waals surface area (Å²) in [4.78, 5) is 8.89. The summed E-state index contributed by atoms with van der Waals surface area (Å²) in [5.41, 5.74) is 1.29. The molecule has 0 aliphatic carbocycles. The van der Waals surface area contributed by atoms with Crippen molar-refractivity contribution >= 4 is 27.3 Å². The molecule has 1 aromatic heterocycles. The van der Waals surface area contributed by atoms with E-state index in [9.17, 15) is 8.42 Å². The van der Waals surface area contributed by atoms with E-state index < -0.39 is 16.3 Å². The van der Waals surface area contributed by atoms with Crippen molar-refractivity contribution < 1.29 is 17.9 Å². The number of aromatic nitrogens is 2. The van der Waals surface area contributed by atoms with E-state index >= 15 is 0 Å². The Morgan fingerprint density at radius 1 is 1.14 bits per heavy atom. The van der Waals surface area contributed by atoms with Crippen LogP contribution in [0.1, 0.15) is 24.6 Å². The number of allylic oxidation sites excluding steroid dienone is 1. The highest BCUT2D eigenvalue weighted by Gasteiger charge is 2.37. The van der Waals surface area contributed by atoms with Crippen molar-refractivity contribution in [3.8, 4) is 11.5 Å². The van der Waals surface area contributed by atoms with E-state index in [1.165, 1.54) is 16.8 Å². The first-order chi connectivity index (χ1) is 14.0. The summed E-state index contributed by atoms with van der Waals surface area (Å²) in [5, 5.41) is 4.06. The van der Waals surface area contributed by atoms with Crippen molar-refractivity contribution in [1.82, 2.24) is 19.6 Å². The molecule has 2 aromatic rings. The van der Waals surface area contributed by atoms with Gasteiger partial charge in [0.1, 0.15) is 6.33 Å². The van der Waals surface area contributed by atoms with Gasteiger partial charge in [-0.3, -0.25) is 0 Å². The van der Waals surface area contributed by atoms with Crippen LogP contribution in [0.15, 0.2) is 35.1 Å². The van der Waals surface area contributed by atoms with Crippen molar-refractivity contribution in [3.05, 3.63) is 36.4 Å². The molecule has 1 saturated heterocycles. The zero-order valence-electron chi connectivity index (χ0n) is 16.3. The number of rotatable bonds is 5. The Labute approximate surface area is 169 Å². The Balaban J connectivity index is 1.91. The number of ether oxygens (including phenoxy) is 2. The van der Waals surface area contributed by atoms with Gasteiger partial charge in [0, 0.05) is 23.9 Å². The fourth-order valence-electron chi connectivity index (χ4n) is 3.95. The number of piperidine rings is 1. The van der Waals surface area contributed by atoms with Gasteiger partial charge in [0.25, 0.3) is 0 Å². The molecule has 1 N–H and O–H groups in total. The molecular formula is C19H23N5O4S. The molecule has 10 heteroatoms.